The summed E-state index contributed by atoms with van der Waals surface area (Å²) in [5.41, 5.74) is 0.966. The Labute approximate surface area is 187 Å². The molecule has 1 aliphatic rings. The monoisotopic (exact) mass is 437 g/mol. The van der Waals surface area contributed by atoms with E-state index in [1.807, 2.05) is 6.92 Å². The highest BCUT2D eigenvalue weighted by atomic mass is 16.5. The fraction of sp³-hybridized carbons (Fsp3) is 0.280. The number of likely N-dealkylation sites (tertiary alicyclic amines) is 1. The molecular formula is C25H27NO6. The van der Waals surface area contributed by atoms with Crippen molar-refractivity contribution < 1.29 is 28.9 Å². The minimum atomic E-state index is -0.756. The average molecular weight is 437 g/mol. The molecule has 1 heterocycles. The Morgan fingerprint density at radius 3 is 2.56 bits per heavy atom. The van der Waals surface area contributed by atoms with E-state index in [2.05, 4.69) is 6.58 Å². The second kappa shape index (κ2) is 10.0. The van der Waals surface area contributed by atoms with Gasteiger partial charge in [-0.15, -0.1) is 0 Å². The first-order chi connectivity index (χ1) is 15.5. The summed E-state index contributed by atoms with van der Waals surface area (Å²) in [5.74, 6) is -0.256. The van der Waals surface area contributed by atoms with E-state index in [-0.39, 0.29) is 11.3 Å². The average Bonchev–Trinajstić information content (AvgIpc) is 3.07. The predicted octanol–water partition coefficient (Wildman–Crippen LogP) is 4.10. The minimum absolute atomic E-state index is 0.00721. The van der Waals surface area contributed by atoms with Gasteiger partial charge in [0.25, 0.3) is 11.7 Å². The maximum atomic E-state index is 13.0. The molecule has 1 atom stereocenters. The van der Waals surface area contributed by atoms with Crippen molar-refractivity contribution in [2.24, 2.45) is 0 Å². The molecule has 2 aromatic rings. The lowest BCUT2D eigenvalue weighted by Gasteiger charge is -2.25. The summed E-state index contributed by atoms with van der Waals surface area (Å²) in [6.45, 7) is 6.25. The van der Waals surface area contributed by atoms with Gasteiger partial charge in [0.15, 0.2) is 0 Å². The van der Waals surface area contributed by atoms with Crippen molar-refractivity contribution in [3.63, 3.8) is 0 Å². The van der Waals surface area contributed by atoms with Crippen LogP contribution in [0.3, 0.4) is 0 Å². The van der Waals surface area contributed by atoms with E-state index < -0.39 is 17.7 Å². The van der Waals surface area contributed by atoms with Gasteiger partial charge >= 0.3 is 0 Å². The Bertz CT molecular complexity index is 1060. The van der Waals surface area contributed by atoms with Gasteiger partial charge in [0.05, 0.1) is 31.4 Å². The Balaban J connectivity index is 2.19. The molecule has 1 aliphatic heterocycles. The minimum Gasteiger partial charge on any atom is -0.507 e. The molecule has 1 N–H and O–H groups in total. The highest BCUT2D eigenvalue weighted by molar-refractivity contribution is 6.46. The lowest BCUT2D eigenvalue weighted by molar-refractivity contribution is -0.139. The molecule has 1 amide bonds. The largest absolute Gasteiger partial charge is 0.507 e. The quantitative estimate of drug-likeness (QED) is 0.275. The molecular weight excluding hydrogens is 410 g/mol. The molecule has 7 nitrogen and oxygen atoms in total. The van der Waals surface area contributed by atoms with Crippen molar-refractivity contribution >= 4 is 17.4 Å². The summed E-state index contributed by atoms with van der Waals surface area (Å²) in [4.78, 5) is 27.4. The summed E-state index contributed by atoms with van der Waals surface area (Å²) >= 11 is 0. The van der Waals surface area contributed by atoms with Crippen LogP contribution in [0.15, 0.2) is 60.7 Å². The zero-order chi connectivity index (χ0) is 23.3. The van der Waals surface area contributed by atoms with Gasteiger partial charge in [-0.2, -0.15) is 0 Å². The highest BCUT2D eigenvalue weighted by Crippen LogP contribution is 2.42. The zero-order valence-corrected chi connectivity index (χ0v) is 18.5. The second-order valence-electron chi connectivity index (χ2n) is 7.23. The molecule has 3 rings (SSSR count). The lowest BCUT2D eigenvalue weighted by atomic mass is 9.94. The van der Waals surface area contributed by atoms with Crippen LogP contribution in [0.1, 0.15) is 30.5 Å². The number of carbonyl (C=O) groups is 2. The van der Waals surface area contributed by atoms with Crippen LogP contribution < -0.4 is 14.2 Å². The van der Waals surface area contributed by atoms with Crippen molar-refractivity contribution in [3.05, 3.63) is 71.8 Å². The van der Waals surface area contributed by atoms with Gasteiger partial charge < -0.3 is 24.2 Å². The number of benzene rings is 2. The third kappa shape index (κ3) is 4.32. The summed E-state index contributed by atoms with van der Waals surface area (Å²) < 4.78 is 16.2. The third-order valence-corrected chi connectivity index (χ3v) is 5.21. The number of amides is 1. The number of Topliss-reactive ketones (excluding diaryl/α,β-unsaturated/α-hetero) is 1. The summed E-state index contributed by atoms with van der Waals surface area (Å²) in [5, 5.41) is 11.2. The number of hydrogen-bond acceptors (Lipinski definition) is 6. The molecule has 0 aliphatic carbocycles. The van der Waals surface area contributed by atoms with Gasteiger partial charge in [-0.3, -0.25) is 9.59 Å². The van der Waals surface area contributed by atoms with Gasteiger partial charge in [0, 0.05) is 12.6 Å². The molecule has 7 heteroatoms. The molecule has 168 valence electrons. The number of hydrogen-bond donors (Lipinski definition) is 1. The standard InChI is InChI=1S/C25H27NO6/c1-5-12-26-22(16-8-7-9-18(14-16)32-13-6-2)21(24(28)25(26)29)23(27)19-11-10-17(30-3)15-20(19)31-4/h6-11,14-15,22,27H,2,5,12-13H2,1,3-4H3/b23-21-. The van der Waals surface area contributed by atoms with Crippen LogP contribution in [0.4, 0.5) is 0 Å². The number of ketones is 1. The van der Waals surface area contributed by atoms with Crippen LogP contribution in [-0.2, 0) is 9.59 Å². The van der Waals surface area contributed by atoms with Gasteiger partial charge in [0.1, 0.15) is 29.6 Å². The molecule has 0 spiro atoms. The Hall–Kier alpha value is -3.74. The van der Waals surface area contributed by atoms with Gasteiger partial charge in [-0.1, -0.05) is 31.7 Å². The van der Waals surface area contributed by atoms with E-state index in [1.165, 1.54) is 19.1 Å². The molecule has 0 bridgehead atoms. The van der Waals surface area contributed by atoms with Crippen molar-refractivity contribution in [2.45, 2.75) is 19.4 Å². The molecule has 0 saturated carbocycles. The van der Waals surface area contributed by atoms with Gasteiger partial charge in [-0.25, -0.2) is 0 Å². The Morgan fingerprint density at radius 2 is 1.91 bits per heavy atom. The predicted molar refractivity (Wildman–Crippen MR) is 121 cm³/mol. The third-order valence-electron chi connectivity index (χ3n) is 5.21. The topological polar surface area (TPSA) is 85.3 Å². The van der Waals surface area contributed by atoms with E-state index in [4.69, 9.17) is 14.2 Å². The first-order valence-electron chi connectivity index (χ1n) is 10.3. The van der Waals surface area contributed by atoms with Crippen LogP contribution in [0.5, 0.6) is 17.2 Å². The Morgan fingerprint density at radius 1 is 1.12 bits per heavy atom. The maximum absolute atomic E-state index is 13.0. The number of rotatable bonds is 9. The number of aliphatic hydroxyl groups is 1. The molecule has 1 fully saturated rings. The van der Waals surface area contributed by atoms with E-state index in [1.54, 1.807) is 48.5 Å². The maximum Gasteiger partial charge on any atom is 0.295 e. The van der Waals surface area contributed by atoms with E-state index in [0.717, 1.165) is 0 Å². The zero-order valence-electron chi connectivity index (χ0n) is 18.5. The molecule has 2 aromatic carbocycles. The normalized spacial score (nSPS) is 17.3. The lowest BCUT2D eigenvalue weighted by Crippen LogP contribution is -2.30. The number of ether oxygens (including phenoxy) is 3. The van der Waals surface area contributed by atoms with Crippen LogP contribution in [0.2, 0.25) is 0 Å². The fourth-order valence-electron chi connectivity index (χ4n) is 3.77. The van der Waals surface area contributed by atoms with Crippen LogP contribution >= 0.6 is 0 Å². The van der Waals surface area contributed by atoms with Crippen LogP contribution in [-0.4, -0.2) is 49.1 Å². The van der Waals surface area contributed by atoms with Crippen LogP contribution in [0.25, 0.3) is 5.76 Å². The van der Waals surface area contributed by atoms with Crippen molar-refractivity contribution in [2.75, 3.05) is 27.4 Å². The molecule has 32 heavy (non-hydrogen) atoms. The molecule has 0 aromatic heterocycles. The number of methoxy groups -OCH3 is 2. The molecule has 1 saturated heterocycles. The number of carbonyl (C=O) groups excluding carboxylic acids is 2. The van der Waals surface area contributed by atoms with Crippen molar-refractivity contribution in [3.8, 4) is 17.2 Å². The van der Waals surface area contributed by atoms with E-state index in [0.29, 0.717) is 47.9 Å². The van der Waals surface area contributed by atoms with E-state index in [9.17, 15) is 14.7 Å². The molecule has 0 radical (unpaired) electrons. The first kappa shape index (κ1) is 22.9. The van der Waals surface area contributed by atoms with Gasteiger partial charge in [-0.05, 0) is 36.2 Å². The highest BCUT2D eigenvalue weighted by Gasteiger charge is 2.46. The summed E-state index contributed by atoms with van der Waals surface area (Å²) in [7, 11) is 2.98. The number of nitrogens with zero attached hydrogens (tertiary/aromatic N) is 1. The van der Waals surface area contributed by atoms with E-state index >= 15 is 0 Å². The summed E-state index contributed by atoms with van der Waals surface area (Å²) in [6.07, 6.45) is 2.29. The SMILES string of the molecule is C=CCOc1cccc(C2/C(=C(/O)c3ccc(OC)cc3OC)C(=O)C(=O)N2CCC)c1. The number of aliphatic hydroxyl groups excluding tert-OH is 1. The summed E-state index contributed by atoms with van der Waals surface area (Å²) in [6, 6.07) is 11.2. The fourth-order valence-corrected chi connectivity index (χ4v) is 3.77. The second-order valence-corrected chi connectivity index (χ2v) is 7.23. The van der Waals surface area contributed by atoms with Gasteiger partial charge in [0.2, 0.25) is 0 Å². The molecule has 1 unspecified atom stereocenters. The Kier molecular flexibility index (Phi) is 7.20. The smallest absolute Gasteiger partial charge is 0.295 e. The first-order valence-corrected chi connectivity index (χ1v) is 10.3. The van der Waals surface area contributed by atoms with Crippen molar-refractivity contribution in [1.82, 2.24) is 4.90 Å². The van der Waals surface area contributed by atoms with Crippen molar-refractivity contribution in [1.29, 1.82) is 0 Å². The van der Waals surface area contributed by atoms with Crippen LogP contribution in [0, 0.1) is 0 Å².